The molecule has 1 nitrogen and oxygen atoms in total. The minimum atomic E-state index is -1.35. The molecule has 0 heterocycles. The van der Waals surface area contributed by atoms with E-state index < -0.39 is 5.67 Å². The van der Waals surface area contributed by atoms with E-state index in [1.807, 2.05) is 6.92 Å². The number of aryl methyl sites for hydroxylation is 1. The first-order valence-corrected chi connectivity index (χ1v) is 4.63. The van der Waals surface area contributed by atoms with Gasteiger partial charge in [0.15, 0.2) is 5.78 Å². The third-order valence-corrected chi connectivity index (χ3v) is 2.27. The van der Waals surface area contributed by atoms with Crippen molar-refractivity contribution in [2.75, 3.05) is 0 Å². The second-order valence-corrected chi connectivity index (χ2v) is 4.06. The highest BCUT2D eigenvalue weighted by atomic mass is 19.1. The van der Waals surface area contributed by atoms with Gasteiger partial charge in [-0.1, -0.05) is 12.1 Å². The van der Waals surface area contributed by atoms with Gasteiger partial charge in [-0.2, -0.15) is 0 Å². The lowest BCUT2D eigenvalue weighted by Crippen LogP contribution is -2.11. The molecule has 1 rings (SSSR count). The molecule has 2 heteroatoms. The number of hydrogen-bond donors (Lipinski definition) is 0. The lowest BCUT2D eigenvalue weighted by atomic mass is 9.93. The van der Waals surface area contributed by atoms with E-state index in [1.54, 1.807) is 18.2 Å². The van der Waals surface area contributed by atoms with Crippen LogP contribution >= 0.6 is 0 Å². The van der Waals surface area contributed by atoms with Crippen molar-refractivity contribution in [1.29, 1.82) is 0 Å². The highest BCUT2D eigenvalue weighted by Crippen LogP contribution is 2.27. The number of benzene rings is 1. The number of carbonyl (C=O) groups excluding carboxylic acids is 1. The average Bonchev–Trinajstić information content (AvgIpc) is 2.01. The maximum Gasteiger partial charge on any atom is 0.159 e. The molecule has 0 saturated heterocycles. The van der Waals surface area contributed by atoms with Crippen LogP contribution in [0.4, 0.5) is 4.39 Å². The summed E-state index contributed by atoms with van der Waals surface area (Å²) in [6.45, 7) is 6.36. The molecule has 0 unspecified atom stereocenters. The molecule has 1 aromatic rings. The van der Waals surface area contributed by atoms with Crippen LogP contribution in [0.25, 0.3) is 0 Å². The maximum atomic E-state index is 13.6. The summed E-state index contributed by atoms with van der Waals surface area (Å²) in [5, 5.41) is 0. The number of halogens is 1. The molecule has 0 bridgehead atoms. The van der Waals surface area contributed by atoms with E-state index in [1.165, 1.54) is 20.8 Å². The molecule has 0 atom stereocenters. The van der Waals surface area contributed by atoms with Crippen LogP contribution in [0, 0.1) is 6.92 Å². The van der Waals surface area contributed by atoms with E-state index in [2.05, 4.69) is 0 Å². The first-order valence-electron chi connectivity index (χ1n) is 4.63. The molecular weight excluding hydrogens is 179 g/mol. The molecular formula is C12H15FO. The normalized spacial score (nSPS) is 11.5. The molecule has 0 aliphatic carbocycles. The highest BCUT2D eigenvalue weighted by molar-refractivity contribution is 5.94. The minimum Gasteiger partial charge on any atom is -0.295 e. The Bertz CT molecular complexity index is 361. The Hall–Kier alpha value is -1.18. The van der Waals surface area contributed by atoms with E-state index in [-0.39, 0.29) is 5.78 Å². The summed E-state index contributed by atoms with van der Waals surface area (Å²) in [6, 6.07) is 5.09. The van der Waals surface area contributed by atoms with Gasteiger partial charge in [0.25, 0.3) is 0 Å². The third-order valence-electron chi connectivity index (χ3n) is 2.27. The molecule has 0 aliphatic heterocycles. The Morgan fingerprint density at radius 3 is 2.29 bits per heavy atom. The van der Waals surface area contributed by atoms with E-state index >= 15 is 0 Å². The predicted octanol–water partition coefficient (Wildman–Crippen LogP) is 3.40. The number of Topliss-reactive ketones (excluding diaryl/α,β-unsaturated/α-hetero) is 1. The molecule has 0 saturated carbocycles. The fraction of sp³-hybridized carbons (Fsp3) is 0.417. The Morgan fingerprint density at radius 2 is 1.93 bits per heavy atom. The van der Waals surface area contributed by atoms with E-state index in [9.17, 15) is 9.18 Å². The lowest BCUT2D eigenvalue weighted by Gasteiger charge is -2.17. The Kier molecular flexibility index (Phi) is 2.74. The highest BCUT2D eigenvalue weighted by Gasteiger charge is 2.21. The first kappa shape index (κ1) is 10.9. The van der Waals surface area contributed by atoms with Gasteiger partial charge in [-0.25, -0.2) is 4.39 Å². The summed E-state index contributed by atoms with van der Waals surface area (Å²) in [5.41, 5.74) is 0.752. The summed E-state index contributed by atoms with van der Waals surface area (Å²) in [6.07, 6.45) is 0. The van der Waals surface area contributed by atoms with Gasteiger partial charge in [0.05, 0.1) is 0 Å². The minimum absolute atomic E-state index is 0.0105. The maximum absolute atomic E-state index is 13.6. The van der Waals surface area contributed by atoms with Crippen molar-refractivity contribution in [3.05, 3.63) is 34.9 Å². The molecule has 0 fully saturated rings. The molecule has 14 heavy (non-hydrogen) atoms. The summed E-state index contributed by atoms with van der Waals surface area (Å²) >= 11 is 0. The van der Waals surface area contributed by atoms with Crippen LogP contribution in [0.15, 0.2) is 18.2 Å². The van der Waals surface area contributed by atoms with Crippen LogP contribution in [0.5, 0.6) is 0 Å². The van der Waals surface area contributed by atoms with E-state index in [0.29, 0.717) is 11.1 Å². The lowest BCUT2D eigenvalue weighted by molar-refractivity contribution is 0.101. The summed E-state index contributed by atoms with van der Waals surface area (Å²) in [5.74, 6) is 0.0105. The molecule has 0 N–H and O–H groups in total. The van der Waals surface area contributed by atoms with Crippen LogP contribution in [0.1, 0.15) is 42.3 Å². The van der Waals surface area contributed by atoms with Crippen LogP contribution in [0.3, 0.4) is 0 Å². The topological polar surface area (TPSA) is 17.1 Å². The van der Waals surface area contributed by atoms with Crippen molar-refractivity contribution in [2.24, 2.45) is 0 Å². The van der Waals surface area contributed by atoms with Gasteiger partial charge in [0, 0.05) is 5.56 Å². The van der Waals surface area contributed by atoms with Crippen LogP contribution in [-0.2, 0) is 5.67 Å². The Balaban J connectivity index is 3.21. The molecule has 0 aliphatic rings. The van der Waals surface area contributed by atoms with Crippen molar-refractivity contribution < 1.29 is 9.18 Å². The van der Waals surface area contributed by atoms with E-state index in [0.717, 1.165) is 5.56 Å². The molecule has 1 aromatic carbocycles. The van der Waals surface area contributed by atoms with Crippen molar-refractivity contribution in [1.82, 2.24) is 0 Å². The summed E-state index contributed by atoms with van der Waals surface area (Å²) in [4.78, 5) is 11.1. The summed E-state index contributed by atoms with van der Waals surface area (Å²) < 4.78 is 13.6. The third kappa shape index (κ3) is 2.19. The molecule has 0 radical (unpaired) electrons. The van der Waals surface area contributed by atoms with Crippen LogP contribution in [0.2, 0.25) is 0 Å². The van der Waals surface area contributed by atoms with Crippen molar-refractivity contribution in [3.8, 4) is 0 Å². The fourth-order valence-corrected chi connectivity index (χ4v) is 1.55. The second-order valence-electron chi connectivity index (χ2n) is 4.06. The van der Waals surface area contributed by atoms with Crippen LogP contribution < -0.4 is 0 Å². The molecule has 0 spiro atoms. The predicted molar refractivity (Wildman–Crippen MR) is 55.3 cm³/mol. The second kappa shape index (κ2) is 3.52. The first-order chi connectivity index (χ1) is 6.32. The Labute approximate surface area is 83.9 Å². The van der Waals surface area contributed by atoms with Crippen molar-refractivity contribution in [3.63, 3.8) is 0 Å². The fourth-order valence-electron chi connectivity index (χ4n) is 1.55. The van der Waals surface area contributed by atoms with Gasteiger partial charge in [0.1, 0.15) is 5.67 Å². The van der Waals surface area contributed by atoms with Gasteiger partial charge in [-0.05, 0) is 44.9 Å². The summed E-state index contributed by atoms with van der Waals surface area (Å²) in [7, 11) is 0. The number of rotatable bonds is 2. The quantitative estimate of drug-likeness (QED) is 0.659. The largest absolute Gasteiger partial charge is 0.295 e. The van der Waals surface area contributed by atoms with Gasteiger partial charge in [-0.15, -0.1) is 0 Å². The smallest absolute Gasteiger partial charge is 0.159 e. The van der Waals surface area contributed by atoms with Gasteiger partial charge >= 0.3 is 0 Å². The average molecular weight is 194 g/mol. The van der Waals surface area contributed by atoms with Crippen molar-refractivity contribution in [2.45, 2.75) is 33.4 Å². The monoisotopic (exact) mass is 194 g/mol. The standard InChI is InChI=1S/C12H15FO/c1-8-7-10(9(2)14)5-6-11(8)12(3,4)13/h5-7H,1-4H3. The zero-order valence-corrected chi connectivity index (χ0v) is 9.02. The molecule has 76 valence electrons. The molecule has 0 aromatic heterocycles. The Morgan fingerprint density at radius 1 is 1.36 bits per heavy atom. The van der Waals surface area contributed by atoms with Gasteiger partial charge in [0.2, 0.25) is 0 Å². The SMILES string of the molecule is CC(=O)c1ccc(C(C)(C)F)c(C)c1. The number of hydrogen-bond acceptors (Lipinski definition) is 1. The van der Waals surface area contributed by atoms with Gasteiger partial charge < -0.3 is 0 Å². The van der Waals surface area contributed by atoms with Crippen LogP contribution in [-0.4, -0.2) is 5.78 Å². The number of ketones is 1. The van der Waals surface area contributed by atoms with E-state index in [4.69, 9.17) is 0 Å². The van der Waals surface area contributed by atoms with Gasteiger partial charge in [-0.3, -0.25) is 4.79 Å². The zero-order chi connectivity index (χ0) is 10.9. The molecule has 0 amide bonds. The number of alkyl halides is 1. The number of carbonyl (C=O) groups is 1. The van der Waals surface area contributed by atoms with Crippen molar-refractivity contribution >= 4 is 5.78 Å². The zero-order valence-electron chi connectivity index (χ0n) is 9.02.